The van der Waals surface area contributed by atoms with Crippen molar-refractivity contribution >= 4 is 11.4 Å². The van der Waals surface area contributed by atoms with Gasteiger partial charge in [-0.05, 0) is 17.7 Å². The number of phenolic OH excluding ortho intramolecular Hbond substituents is 1. The maximum absolute atomic E-state index is 13.5. The SMILES string of the molecule is O=[N+]([O-])c1cc(NCc2ccc(O)c(F)c2)c(F)cc1F. The standard InChI is InChI=1S/C13H9F3N2O3/c14-8-4-9(15)12(18(20)21)5-11(8)17-6-7-1-2-13(19)10(16)3-7/h1-5,17,19H,6H2. The summed E-state index contributed by atoms with van der Waals surface area (Å²) in [5.41, 5.74) is -0.774. The van der Waals surface area contributed by atoms with Crippen LogP contribution >= 0.6 is 0 Å². The zero-order chi connectivity index (χ0) is 15.6. The van der Waals surface area contributed by atoms with Crippen LogP contribution in [0.15, 0.2) is 30.3 Å². The first-order valence-electron chi connectivity index (χ1n) is 5.73. The molecule has 2 aromatic rings. The van der Waals surface area contributed by atoms with Crippen LogP contribution in [0.2, 0.25) is 0 Å². The lowest BCUT2D eigenvalue weighted by molar-refractivity contribution is -0.387. The van der Waals surface area contributed by atoms with Crippen LogP contribution in [0, 0.1) is 27.6 Å². The summed E-state index contributed by atoms with van der Waals surface area (Å²) < 4.78 is 39.8. The summed E-state index contributed by atoms with van der Waals surface area (Å²) in [5.74, 6) is -3.65. The highest BCUT2D eigenvalue weighted by atomic mass is 19.1. The predicted molar refractivity (Wildman–Crippen MR) is 68.4 cm³/mol. The van der Waals surface area contributed by atoms with E-state index in [1.165, 1.54) is 6.07 Å². The Balaban J connectivity index is 2.21. The average Bonchev–Trinajstić information content (AvgIpc) is 2.41. The Morgan fingerprint density at radius 2 is 1.81 bits per heavy atom. The molecule has 0 bridgehead atoms. The molecule has 21 heavy (non-hydrogen) atoms. The molecule has 0 aliphatic carbocycles. The zero-order valence-electron chi connectivity index (χ0n) is 10.4. The fourth-order valence-electron chi connectivity index (χ4n) is 1.67. The van der Waals surface area contributed by atoms with E-state index in [1.54, 1.807) is 0 Å². The normalized spacial score (nSPS) is 10.4. The summed E-state index contributed by atoms with van der Waals surface area (Å²) in [7, 11) is 0. The maximum Gasteiger partial charge on any atom is 0.307 e. The molecule has 0 amide bonds. The van der Waals surface area contributed by atoms with Gasteiger partial charge in [0.15, 0.2) is 11.6 Å². The molecule has 8 heteroatoms. The summed E-state index contributed by atoms with van der Waals surface area (Å²) in [6.07, 6.45) is 0. The van der Waals surface area contributed by atoms with Crippen LogP contribution in [-0.2, 0) is 6.54 Å². The molecule has 110 valence electrons. The lowest BCUT2D eigenvalue weighted by Gasteiger charge is -2.08. The second-order valence-corrected chi connectivity index (χ2v) is 4.18. The van der Waals surface area contributed by atoms with E-state index in [0.717, 1.165) is 18.2 Å². The summed E-state index contributed by atoms with van der Waals surface area (Å²) in [6, 6.07) is 4.66. The Morgan fingerprint density at radius 3 is 2.43 bits per heavy atom. The summed E-state index contributed by atoms with van der Waals surface area (Å²) in [6.45, 7) is -0.0586. The molecule has 0 aliphatic heterocycles. The average molecular weight is 298 g/mol. The molecule has 0 saturated carbocycles. The van der Waals surface area contributed by atoms with Crippen molar-refractivity contribution in [1.82, 2.24) is 0 Å². The molecule has 0 aromatic heterocycles. The van der Waals surface area contributed by atoms with Gasteiger partial charge in [-0.1, -0.05) is 6.07 Å². The van der Waals surface area contributed by atoms with Gasteiger partial charge in [0, 0.05) is 18.7 Å². The van der Waals surface area contributed by atoms with E-state index < -0.39 is 33.8 Å². The Labute approximate surface area is 116 Å². The highest BCUT2D eigenvalue weighted by Gasteiger charge is 2.18. The smallest absolute Gasteiger partial charge is 0.307 e. The molecule has 0 radical (unpaired) electrons. The molecule has 0 atom stereocenters. The molecule has 0 fully saturated rings. The fraction of sp³-hybridized carbons (Fsp3) is 0.0769. The topological polar surface area (TPSA) is 75.4 Å². The highest BCUT2D eigenvalue weighted by Crippen LogP contribution is 2.26. The van der Waals surface area contributed by atoms with E-state index in [0.29, 0.717) is 11.6 Å². The van der Waals surface area contributed by atoms with Gasteiger partial charge in [0.2, 0.25) is 5.82 Å². The summed E-state index contributed by atoms with van der Waals surface area (Å²) >= 11 is 0. The molecule has 2 aromatic carbocycles. The second-order valence-electron chi connectivity index (χ2n) is 4.18. The van der Waals surface area contributed by atoms with Gasteiger partial charge >= 0.3 is 5.69 Å². The van der Waals surface area contributed by atoms with Crippen molar-refractivity contribution in [1.29, 1.82) is 0 Å². The largest absolute Gasteiger partial charge is 0.505 e. The minimum absolute atomic E-state index is 0.0586. The van der Waals surface area contributed by atoms with Gasteiger partial charge in [0.1, 0.15) is 5.82 Å². The van der Waals surface area contributed by atoms with Crippen LogP contribution in [0.3, 0.4) is 0 Å². The molecule has 2 rings (SSSR count). The fourth-order valence-corrected chi connectivity index (χ4v) is 1.67. The number of hydrogen-bond acceptors (Lipinski definition) is 4. The van der Waals surface area contributed by atoms with Gasteiger partial charge in [-0.15, -0.1) is 0 Å². The lowest BCUT2D eigenvalue weighted by Crippen LogP contribution is -2.04. The van der Waals surface area contributed by atoms with Crippen molar-refractivity contribution in [3.8, 4) is 5.75 Å². The number of halogens is 3. The number of nitro benzene ring substituents is 1. The number of anilines is 1. The quantitative estimate of drug-likeness (QED) is 0.670. The first-order valence-corrected chi connectivity index (χ1v) is 5.73. The van der Waals surface area contributed by atoms with Crippen molar-refractivity contribution in [3.05, 3.63) is 63.5 Å². The van der Waals surface area contributed by atoms with Crippen LogP contribution in [0.5, 0.6) is 5.75 Å². The molecule has 2 N–H and O–H groups in total. The van der Waals surface area contributed by atoms with Gasteiger partial charge < -0.3 is 10.4 Å². The lowest BCUT2D eigenvalue weighted by atomic mass is 10.2. The van der Waals surface area contributed by atoms with E-state index in [-0.39, 0.29) is 12.2 Å². The van der Waals surface area contributed by atoms with Crippen LogP contribution < -0.4 is 5.32 Å². The van der Waals surface area contributed by atoms with Crippen molar-refractivity contribution in [2.45, 2.75) is 6.54 Å². The highest BCUT2D eigenvalue weighted by molar-refractivity contribution is 5.53. The van der Waals surface area contributed by atoms with E-state index in [4.69, 9.17) is 5.11 Å². The maximum atomic E-state index is 13.5. The molecule has 0 spiro atoms. The third-order valence-corrected chi connectivity index (χ3v) is 2.73. The molecule has 0 saturated heterocycles. The number of benzene rings is 2. The third kappa shape index (κ3) is 3.22. The molecule has 5 nitrogen and oxygen atoms in total. The monoisotopic (exact) mass is 298 g/mol. The molecule has 0 heterocycles. The molecule has 0 aliphatic rings. The molecule has 0 unspecified atom stereocenters. The van der Waals surface area contributed by atoms with E-state index in [2.05, 4.69) is 5.32 Å². The predicted octanol–water partition coefficient (Wildman–Crippen LogP) is 3.33. The summed E-state index contributed by atoms with van der Waals surface area (Å²) in [5, 5.41) is 22.1. The number of nitro groups is 1. The van der Waals surface area contributed by atoms with Gasteiger partial charge in [-0.2, -0.15) is 4.39 Å². The molecular formula is C13H9F3N2O3. The van der Waals surface area contributed by atoms with Crippen LogP contribution in [0.4, 0.5) is 24.5 Å². The number of aromatic hydroxyl groups is 1. The number of nitrogens with one attached hydrogen (secondary N) is 1. The van der Waals surface area contributed by atoms with E-state index in [1.807, 2.05) is 0 Å². The molecular weight excluding hydrogens is 289 g/mol. The van der Waals surface area contributed by atoms with Crippen molar-refractivity contribution in [2.24, 2.45) is 0 Å². The van der Waals surface area contributed by atoms with Crippen molar-refractivity contribution < 1.29 is 23.2 Å². The number of rotatable bonds is 4. The van der Waals surface area contributed by atoms with Crippen molar-refractivity contribution in [3.63, 3.8) is 0 Å². The zero-order valence-corrected chi connectivity index (χ0v) is 10.4. The summed E-state index contributed by atoms with van der Waals surface area (Å²) in [4.78, 5) is 9.61. The number of hydrogen-bond donors (Lipinski definition) is 2. The van der Waals surface area contributed by atoms with Gasteiger partial charge in [-0.25, -0.2) is 8.78 Å². The second kappa shape index (κ2) is 5.70. The van der Waals surface area contributed by atoms with Gasteiger partial charge in [0.25, 0.3) is 0 Å². The number of nitrogens with zero attached hydrogens (tertiary/aromatic N) is 1. The Bertz CT molecular complexity index is 707. The Kier molecular flexibility index (Phi) is 3.97. The minimum Gasteiger partial charge on any atom is -0.505 e. The van der Waals surface area contributed by atoms with Crippen LogP contribution in [0.1, 0.15) is 5.56 Å². The van der Waals surface area contributed by atoms with E-state index in [9.17, 15) is 23.3 Å². The minimum atomic E-state index is -1.28. The van der Waals surface area contributed by atoms with Crippen LogP contribution in [-0.4, -0.2) is 10.0 Å². The van der Waals surface area contributed by atoms with Crippen LogP contribution in [0.25, 0.3) is 0 Å². The van der Waals surface area contributed by atoms with Gasteiger partial charge in [-0.3, -0.25) is 10.1 Å². The first-order chi connectivity index (χ1) is 9.88. The van der Waals surface area contributed by atoms with Crippen molar-refractivity contribution in [2.75, 3.05) is 5.32 Å². The van der Waals surface area contributed by atoms with Gasteiger partial charge in [0.05, 0.1) is 10.6 Å². The number of phenols is 1. The Hall–Kier alpha value is -2.77. The Morgan fingerprint density at radius 1 is 1.10 bits per heavy atom. The first kappa shape index (κ1) is 14.6. The van der Waals surface area contributed by atoms with E-state index >= 15 is 0 Å². The third-order valence-electron chi connectivity index (χ3n) is 2.73.